The lowest BCUT2D eigenvalue weighted by molar-refractivity contribution is -0.149. The van der Waals surface area contributed by atoms with Gasteiger partial charge < -0.3 is 19.7 Å². The first-order valence-electron chi connectivity index (χ1n) is 13.2. The van der Waals surface area contributed by atoms with E-state index in [9.17, 15) is 24.0 Å². The van der Waals surface area contributed by atoms with Gasteiger partial charge in [-0.25, -0.2) is 9.59 Å². The highest BCUT2D eigenvalue weighted by Gasteiger charge is 2.30. The zero-order valence-corrected chi connectivity index (χ0v) is 28.0. The van der Waals surface area contributed by atoms with E-state index in [0.717, 1.165) is 26.8 Å². The van der Waals surface area contributed by atoms with E-state index >= 15 is 0 Å². The Morgan fingerprint density at radius 2 is 1.63 bits per heavy atom. The summed E-state index contributed by atoms with van der Waals surface area (Å²) in [6, 6.07) is 15.3. The molecular weight excluding hydrogens is 756 g/mol. The van der Waals surface area contributed by atoms with Crippen molar-refractivity contribution in [3.8, 4) is 11.1 Å². The molecular formula is C29H29Br3N4O7. The Kier molecular flexibility index (Phi) is 10.7. The van der Waals surface area contributed by atoms with Crippen LogP contribution in [0.2, 0.25) is 0 Å². The van der Waals surface area contributed by atoms with Gasteiger partial charge in [0.05, 0.1) is 0 Å². The molecule has 2 aromatic carbocycles. The van der Waals surface area contributed by atoms with Crippen LogP contribution in [0.5, 0.6) is 0 Å². The maximum absolute atomic E-state index is 13.2. The number of hydrogen-bond donors (Lipinski definition) is 2. The van der Waals surface area contributed by atoms with E-state index in [1.165, 1.54) is 18.0 Å². The Balaban J connectivity index is 1.41. The summed E-state index contributed by atoms with van der Waals surface area (Å²) in [7, 11) is 0. The Morgan fingerprint density at radius 3 is 2.23 bits per heavy atom. The van der Waals surface area contributed by atoms with Crippen LogP contribution in [0.25, 0.3) is 11.1 Å². The molecule has 0 saturated heterocycles. The number of aromatic amines is 1. The van der Waals surface area contributed by atoms with Gasteiger partial charge in [-0.15, -0.1) is 0 Å². The number of halogens is 3. The van der Waals surface area contributed by atoms with Crippen LogP contribution in [-0.4, -0.2) is 66.9 Å². The number of H-pyrrole nitrogens is 1. The number of carbonyl (C=O) groups is 3. The van der Waals surface area contributed by atoms with Gasteiger partial charge in [0.25, 0.3) is 5.56 Å². The molecule has 0 fully saturated rings. The minimum absolute atomic E-state index is 0.0860. The van der Waals surface area contributed by atoms with Crippen molar-refractivity contribution in [2.45, 2.75) is 34.5 Å². The number of carbonyl (C=O) groups excluding carboxylic acids is 3. The van der Waals surface area contributed by atoms with Gasteiger partial charge in [0.2, 0.25) is 5.91 Å². The minimum Gasteiger partial charge on any atom is -0.461 e. The molecule has 2 N–H and O–H groups in total. The molecule has 11 nitrogen and oxygen atoms in total. The second-order valence-corrected chi connectivity index (χ2v) is 17.4. The van der Waals surface area contributed by atoms with Gasteiger partial charge in [-0.2, -0.15) is 0 Å². The molecule has 0 unspecified atom stereocenters. The monoisotopic (exact) mass is 782 g/mol. The quantitative estimate of drug-likeness (QED) is 0.234. The second-order valence-electron chi connectivity index (χ2n) is 10.1. The zero-order valence-electron chi connectivity index (χ0n) is 23.3. The fraction of sp³-hybridized carbons (Fsp3) is 0.345. The molecule has 1 aliphatic carbocycles. The van der Waals surface area contributed by atoms with Crippen molar-refractivity contribution in [3.05, 3.63) is 92.3 Å². The molecule has 0 bridgehead atoms. The molecule has 1 aliphatic rings. The van der Waals surface area contributed by atoms with Crippen LogP contribution < -0.4 is 16.6 Å². The first-order valence-corrected chi connectivity index (χ1v) is 15.6. The van der Waals surface area contributed by atoms with Crippen LogP contribution in [0.4, 0.5) is 4.79 Å². The maximum atomic E-state index is 13.2. The van der Waals surface area contributed by atoms with Gasteiger partial charge in [-0.05, 0) is 36.1 Å². The third kappa shape index (κ3) is 8.67. The fourth-order valence-electron chi connectivity index (χ4n) is 4.82. The van der Waals surface area contributed by atoms with Gasteiger partial charge in [-0.3, -0.25) is 23.9 Å². The first kappa shape index (κ1) is 32.7. The van der Waals surface area contributed by atoms with E-state index in [1.807, 2.05) is 48.5 Å². The highest BCUT2D eigenvalue weighted by molar-refractivity contribution is 9.39. The summed E-state index contributed by atoms with van der Waals surface area (Å²) >= 11 is 9.72. The highest BCUT2D eigenvalue weighted by Crippen LogP contribution is 2.44. The summed E-state index contributed by atoms with van der Waals surface area (Å²) in [5, 5.41) is 2.71. The van der Waals surface area contributed by atoms with Gasteiger partial charge in [0.15, 0.2) is 2.14 Å². The lowest BCUT2D eigenvalue weighted by atomic mass is 9.98. The number of ether oxygens (including phenoxy) is 2. The van der Waals surface area contributed by atoms with Crippen molar-refractivity contribution in [1.29, 1.82) is 0 Å². The molecule has 4 rings (SSSR count). The molecule has 14 heteroatoms. The normalized spacial score (nSPS) is 13.0. The molecule has 1 aromatic heterocycles. The number of fused-ring (bicyclic) bond motifs is 3. The predicted molar refractivity (Wildman–Crippen MR) is 171 cm³/mol. The molecule has 0 aliphatic heterocycles. The number of esters is 1. The van der Waals surface area contributed by atoms with Crippen LogP contribution >= 0.6 is 47.8 Å². The first-order chi connectivity index (χ1) is 20.3. The number of nitrogens with zero attached hydrogens (tertiary/aromatic N) is 2. The third-order valence-corrected chi connectivity index (χ3v) is 7.45. The second kappa shape index (κ2) is 14.0. The van der Waals surface area contributed by atoms with E-state index < -0.39 is 50.5 Å². The van der Waals surface area contributed by atoms with Crippen molar-refractivity contribution in [2.75, 3.05) is 26.3 Å². The van der Waals surface area contributed by atoms with E-state index in [0.29, 0.717) is 0 Å². The minimum atomic E-state index is -0.836. The van der Waals surface area contributed by atoms with Crippen LogP contribution in [-0.2, 0) is 25.6 Å². The molecule has 1 heterocycles. The third-order valence-electron chi connectivity index (χ3n) is 6.77. The summed E-state index contributed by atoms with van der Waals surface area (Å²) in [6.45, 7) is 2.20. The van der Waals surface area contributed by atoms with Crippen molar-refractivity contribution in [2.24, 2.45) is 0 Å². The smallest absolute Gasteiger partial charge is 0.407 e. The van der Waals surface area contributed by atoms with Crippen molar-refractivity contribution >= 4 is 65.8 Å². The summed E-state index contributed by atoms with van der Waals surface area (Å²) in [4.78, 5) is 65.9. The molecule has 1 atom stereocenters. The Morgan fingerprint density at radius 1 is 1.02 bits per heavy atom. The standard InChI is InChI=1S/C29H29Br3N4O7/c1-17-11-36(27(40)34-26(17)39)13-24(37)35(14-25(38)43-16-29(30,31)32)12-18(2)33-28(41)42-15-23-21-9-5-3-7-19(21)20-8-4-6-10-22(20)23/h3-11,18,23H,12-16H2,1-2H3,(H,33,41)(H,34,39,40)/t18-/m0/s1. The fourth-order valence-corrected chi connectivity index (χ4v) is 5.16. The number of amides is 2. The van der Waals surface area contributed by atoms with Crippen molar-refractivity contribution < 1.29 is 23.9 Å². The number of benzene rings is 2. The maximum Gasteiger partial charge on any atom is 0.407 e. The number of nitrogens with one attached hydrogen (secondary N) is 2. The average molecular weight is 785 g/mol. The lowest BCUT2D eigenvalue weighted by Crippen LogP contribution is -2.48. The number of alkyl carbamates (subject to hydrolysis) is 1. The number of rotatable bonds is 10. The van der Waals surface area contributed by atoms with Crippen LogP contribution in [0.3, 0.4) is 0 Å². The van der Waals surface area contributed by atoms with Crippen molar-refractivity contribution in [1.82, 2.24) is 19.8 Å². The molecule has 43 heavy (non-hydrogen) atoms. The van der Waals surface area contributed by atoms with E-state index in [2.05, 4.69) is 58.1 Å². The number of aryl methyl sites for hydroxylation is 1. The van der Waals surface area contributed by atoms with Crippen LogP contribution in [0.15, 0.2) is 64.3 Å². The van der Waals surface area contributed by atoms with E-state index in [4.69, 9.17) is 9.47 Å². The van der Waals surface area contributed by atoms with E-state index in [-0.39, 0.29) is 31.2 Å². The molecule has 3 aromatic rings. The van der Waals surface area contributed by atoms with Crippen LogP contribution in [0, 0.1) is 6.92 Å². The van der Waals surface area contributed by atoms with E-state index in [1.54, 1.807) is 6.92 Å². The number of hydrogen-bond acceptors (Lipinski definition) is 7. The Labute approximate surface area is 272 Å². The summed E-state index contributed by atoms with van der Waals surface area (Å²) in [5.74, 6) is -1.44. The van der Waals surface area contributed by atoms with Gasteiger partial charge in [-0.1, -0.05) is 96.3 Å². The lowest BCUT2D eigenvalue weighted by Gasteiger charge is -2.26. The summed E-state index contributed by atoms with van der Waals surface area (Å²) in [5.41, 5.74) is 3.29. The molecule has 0 spiro atoms. The topological polar surface area (TPSA) is 140 Å². The predicted octanol–water partition coefficient (Wildman–Crippen LogP) is 3.98. The van der Waals surface area contributed by atoms with Gasteiger partial charge >= 0.3 is 17.8 Å². The number of aromatic nitrogens is 2. The summed E-state index contributed by atoms with van der Waals surface area (Å²) in [6.07, 6.45) is 0.586. The average Bonchev–Trinajstić information content (AvgIpc) is 3.26. The van der Waals surface area contributed by atoms with Gasteiger partial charge in [0.1, 0.15) is 26.3 Å². The largest absolute Gasteiger partial charge is 0.461 e. The SMILES string of the molecule is Cc1cn(CC(=O)N(CC(=O)OCC(Br)(Br)Br)C[C@H](C)NC(=O)OCC2c3ccccc3-c3ccccc32)c(=O)[nH]c1=O. The molecule has 2 amide bonds. The Hall–Kier alpha value is -3.23. The number of alkyl halides is 3. The van der Waals surface area contributed by atoms with Crippen molar-refractivity contribution in [3.63, 3.8) is 0 Å². The Bertz CT molecular complexity index is 1590. The summed E-state index contributed by atoms with van der Waals surface area (Å²) < 4.78 is 11.0. The highest BCUT2D eigenvalue weighted by atomic mass is 80.0. The van der Waals surface area contributed by atoms with Gasteiger partial charge in [0, 0.05) is 30.3 Å². The molecule has 0 radical (unpaired) electrons. The zero-order chi connectivity index (χ0) is 31.3. The van der Waals surface area contributed by atoms with Crippen LogP contribution in [0.1, 0.15) is 29.5 Å². The molecule has 228 valence electrons. The molecule has 0 saturated carbocycles.